The molecule has 1 aromatic carbocycles. The first-order valence-corrected chi connectivity index (χ1v) is 6.89. The Balaban J connectivity index is 1.89. The monoisotopic (exact) mass is 339 g/mol. The molecule has 0 atom stereocenters. The van der Waals surface area contributed by atoms with Gasteiger partial charge in [0.05, 0.1) is 12.8 Å². The summed E-state index contributed by atoms with van der Waals surface area (Å²) in [6.45, 7) is 1.01. The van der Waals surface area contributed by atoms with Crippen LogP contribution < -0.4 is 10.6 Å². The van der Waals surface area contributed by atoms with Crippen molar-refractivity contribution < 1.29 is 8.81 Å². The summed E-state index contributed by atoms with van der Waals surface area (Å²) < 4.78 is 19.3. The van der Waals surface area contributed by atoms with E-state index in [0.29, 0.717) is 19.0 Å². The highest BCUT2D eigenvalue weighted by Crippen LogP contribution is 2.17. The molecule has 0 aliphatic heterocycles. The number of hydrogen-bond acceptors (Lipinski definition) is 2. The van der Waals surface area contributed by atoms with Crippen LogP contribution in [0.15, 0.2) is 50.5 Å². The van der Waals surface area contributed by atoms with Crippen molar-refractivity contribution >= 4 is 21.9 Å². The predicted octanol–water partition coefficient (Wildman–Crippen LogP) is 3.05. The average Bonchev–Trinajstić information content (AvgIpc) is 2.96. The Morgan fingerprint density at radius 2 is 2.10 bits per heavy atom. The molecular formula is C14H15BrFN3O. The number of furan rings is 1. The molecule has 0 saturated heterocycles. The summed E-state index contributed by atoms with van der Waals surface area (Å²) in [5, 5.41) is 6.23. The van der Waals surface area contributed by atoms with E-state index in [2.05, 4.69) is 31.6 Å². The van der Waals surface area contributed by atoms with Gasteiger partial charge in [-0.05, 0) is 35.9 Å². The molecule has 106 valence electrons. The van der Waals surface area contributed by atoms with Crippen LogP contribution in [-0.4, -0.2) is 13.0 Å². The maximum atomic E-state index is 13.2. The number of guanidine groups is 1. The van der Waals surface area contributed by atoms with E-state index in [4.69, 9.17) is 4.42 Å². The highest BCUT2D eigenvalue weighted by Gasteiger charge is 2.04. The second-order valence-electron chi connectivity index (χ2n) is 4.09. The van der Waals surface area contributed by atoms with Gasteiger partial charge in [-0.1, -0.05) is 15.9 Å². The summed E-state index contributed by atoms with van der Waals surface area (Å²) in [4.78, 5) is 4.10. The molecule has 0 saturated carbocycles. The van der Waals surface area contributed by atoms with Gasteiger partial charge in [-0.2, -0.15) is 0 Å². The Bertz CT molecular complexity index is 584. The lowest BCUT2D eigenvalue weighted by molar-refractivity contribution is 0.501. The number of benzene rings is 1. The van der Waals surface area contributed by atoms with Gasteiger partial charge in [0, 0.05) is 18.1 Å². The van der Waals surface area contributed by atoms with Crippen molar-refractivity contribution in [1.82, 2.24) is 10.6 Å². The fourth-order valence-corrected chi connectivity index (χ4v) is 2.05. The van der Waals surface area contributed by atoms with Gasteiger partial charge in [0.15, 0.2) is 5.96 Å². The minimum absolute atomic E-state index is 0.261. The first-order valence-electron chi connectivity index (χ1n) is 6.10. The van der Waals surface area contributed by atoms with Gasteiger partial charge in [-0.15, -0.1) is 0 Å². The fourth-order valence-electron chi connectivity index (χ4n) is 1.66. The smallest absolute Gasteiger partial charge is 0.191 e. The summed E-state index contributed by atoms with van der Waals surface area (Å²) in [6.07, 6.45) is 1.62. The molecule has 0 bridgehead atoms. The second-order valence-corrected chi connectivity index (χ2v) is 4.95. The van der Waals surface area contributed by atoms with Gasteiger partial charge in [0.2, 0.25) is 0 Å². The van der Waals surface area contributed by atoms with E-state index < -0.39 is 0 Å². The van der Waals surface area contributed by atoms with Gasteiger partial charge in [0.1, 0.15) is 11.6 Å². The topological polar surface area (TPSA) is 49.6 Å². The second kappa shape index (κ2) is 7.09. The summed E-state index contributed by atoms with van der Waals surface area (Å²) in [5.74, 6) is 1.18. The van der Waals surface area contributed by atoms with Crippen molar-refractivity contribution in [3.05, 3.63) is 58.2 Å². The molecule has 20 heavy (non-hydrogen) atoms. The molecule has 2 rings (SSSR count). The van der Waals surface area contributed by atoms with Gasteiger partial charge < -0.3 is 15.1 Å². The summed E-state index contributed by atoms with van der Waals surface area (Å²) in [5.41, 5.74) is 0.825. The number of hydrogen-bond donors (Lipinski definition) is 2. The zero-order valence-corrected chi connectivity index (χ0v) is 12.6. The van der Waals surface area contributed by atoms with E-state index in [1.165, 1.54) is 12.1 Å². The van der Waals surface area contributed by atoms with Crippen LogP contribution in [0.1, 0.15) is 11.3 Å². The third-order valence-corrected chi connectivity index (χ3v) is 3.46. The summed E-state index contributed by atoms with van der Waals surface area (Å²) in [7, 11) is 1.68. The molecule has 0 unspecified atom stereocenters. The average molecular weight is 340 g/mol. The summed E-state index contributed by atoms with van der Waals surface area (Å²) >= 11 is 3.39. The normalized spacial score (nSPS) is 11.4. The predicted molar refractivity (Wildman–Crippen MR) is 79.8 cm³/mol. The highest BCUT2D eigenvalue weighted by atomic mass is 79.9. The molecule has 0 fully saturated rings. The van der Waals surface area contributed by atoms with Crippen molar-refractivity contribution in [2.45, 2.75) is 13.1 Å². The van der Waals surface area contributed by atoms with Crippen LogP contribution in [0.25, 0.3) is 0 Å². The lowest BCUT2D eigenvalue weighted by Crippen LogP contribution is -2.36. The van der Waals surface area contributed by atoms with E-state index in [-0.39, 0.29) is 5.82 Å². The molecular weight excluding hydrogens is 325 g/mol. The van der Waals surface area contributed by atoms with Crippen LogP contribution in [0.5, 0.6) is 0 Å². The third kappa shape index (κ3) is 4.09. The molecule has 1 heterocycles. The van der Waals surface area contributed by atoms with Crippen LogP contribution in [0.2, 0.25) is 0 Å². The molecule has 1 aromatic heterocycles. The van der Waals surface area contributed by atoms with E-state index in [1.807, 2.05) is 12.1 Å². The van der Waals surface area contributed by atoms with Crippen molar-refractivity contribution in [2.75, 3.05) is 7.05 Å². The SMILES string of the molecule is CN=C(NCc1ccco1)NCc1cc(F)ccc1Br. The molecule has 0 aliphatic rings. The zero-order valence-electron chi connectivity index (χ0n) is 11.0. The van der Waals surface area contributed by atoms with Crippen LogP contribution in [0, 0.1) is 5.82 Å². The van der Waals surface area contributed by atoms with Crippen LogP contribution in [0.3, 0.4) is 0 Å². The Labute approximate surface area is 125 Å². The first kappa shape index (κ1) is 14.6. The van der Waals surface area contributed by atoms with Crippen molar-refractivity contribution in [3.63, 3.8) is 0 Å². The molecule has 0 spiro atoms. The molecule has 0 aliphatic carbocycles. The molecule has 4 nitrogen and oxygen atoms in total. The third-order valence-electron chi connectivity index (χ3n) is 2.69. The Kier molecular flexibility index (Phi) is 5.17. The largest absolute Gasteiger partial charge is 0.467 e. The minimum atomic E-state index is -0.261. The molecule has 2 N–H and O–H groups in total. The van der Waals surface area contributed by atoms with E-state index in [1.54, 1.807) is 19.4 Å². The minimum Gasteiger partial charge on any atom is -0.467 e. The molecule has 0 radical (unpaired) electrons. The van der Waals surface area contributed by atoms with Crippen molar-refractivity contribution in [1.29, 1.82) is 0 Å². The Hall–Kier alpha value is -1.82. The lowest BCUT2D eigenvalue weighted by atomic mass is 10.2. The number of rotatable bonds is 4. The standard InChI is InChI=1S/C14H15BrFN3O/c1-17-14(19-9-12-3-2-6-20-12)18-8-10-7-11(16)4-5-13(10)15/h2-7H,8-9H2,1H3,(H2,17,18,19). The number of halogens is 2. The highest BCUT2D eigenvalue weighted by molar-refractivity contribution is 9.10. The van der Waals surface area contributed by atoms with Gasteiger partial charge >= 0.3 is 0 Å². The van der Waals surface area contributed by atoms with Crippen molar-refractivity contribution in [2.24, 2.45) is 4.99 Å². The van der Waals surface area contributed by atoms with E-state index in [9.17, 15) is 4.39 Å². The first-order chi connectivity index (χ1) is 9.69. The number of nitrogens with zero attached hydrogens (tertiary/aromatic N) is 1. The van der Waals surface area contributed by atoms with Crippen LogP contribution >= 0.6 is 15.9 Å². The zero-order chi connectivity index (χ0) is 14.4. The van der Waals surface area contributed by atoms with Gasteiger partial charge in [-0.3, -0.25) is 4.99 Å². The maximum Gasteiger partial charge on any atom is 0.191 e. The van der Waals surface area contributed by atoms with Gasteiger partial charge in [0.25, 0.3) is 0 Å². The fraction of sp³-hybridized carbons (Fsp3) is 0.214. The Morgan fingerprint density at radius 1 is 1.30 bits per heavy atom. The molecule has 6 heteroatoms. The maximum absolute atomic E-state index is 13.2. The van der Waals surface area contributed by atoms with Crippen LogP contribution in [-0.2, 0) is 13.1 Å². The van der Waals surface area contributed by atoms with Crippen molar-refractivity contribution in [3.8, 4) is 0 Å². The Morgan fingerprint density at radius 3 is 2.80 bits per heavy atom. The summed E-state index contributed by atoms with van der Waals surface area (Å²) in [6, 6.07) is 8.29. The van der Waals surface area contributed by atoms with Gasteiger partial charge in [-0.25, -0.2) is 4.39 Å². The van der Waals surface area contributed by atoms with Crippen LogP contribution in [0.4, 0.5) is 4.39 Å². The van der Waals surface area contributed by atoms with E-state index in [0.717, 1.165) is 15.8 Å². The van der Waals surface area contributed by atoms with E-state index >= 15 is 0 Å². The number of nitrogens with one attached hydrogen (secondary N) is 2. The lowest BCUT2D eigenvalue weighted by Gasteiger charge is -2.12. The number of aliphatic imine (C=N–C) groups is 1. The quantitative estimate of drug-likeness (QED) is 0.664. The molecule has 0 amide bonds. The molecule has 2 aromatic rings.